The molecule has 0 bridgehead atoms. The van der Waals surface area contributed by atoms with Crippen molar-refractivity contribution in [1.82, 2.24) is 5.32 Å². The summed E-state index contributed by atoms with van der Waals surface area (Å²) in [5.74, 6) is 0. The lowest BCUT2D eigenvalue weighted by atomic mass is 10.1. The van der Waals surface area contributed by atoms with Gasteiger partial charge in [-0.1, -0.05) is 39.5 Å². The molecular formula is C12H24NO. The normalized spacial score (nSPS) is 27.9. The van der Waals surface area contributed by atoms with Crippen molar-refractivity contribution >= 4 is 0 Å². The number of nitrogens with zero attached hydrogens (tertiary/aromatic N) is 1. The summed E-state index contributed by atoms with van der Waals surface area (Å²) in [5, 5.41) is 4.77. The van der Waals surface area contributed by atoms with Crippen LogP contribution in [0.4, 0.5) is 0 Å². The summed E-state index contributed by atoms with van der Waals surface area (Å²) >= 11 is 0. The van der Waals surface area contributed by atoms with Crippen molar-refractivity contribution in [3.63, 3.8) is 0 Å². The molecule has 1 aliphatic heterocycles. The van der Waals surface area contributed by atoms with E-state index in [9.17, 15) is 0 Å². The van der Waals surface area contributed by atoms with Gasteiger partial charge in [0.05, 0.1) is 13.2 Å². The van der Waals surface area contributed by atoms with Crippen molar-refractivity contribution in [3.8, 4) is 0 Å². The van der Waals surface area contributed by atoms with Gasteiger partial charge in [0, 0.05) is 12.1 Å². The van der Waals surface area contributed by atoms with E-state index < -0.39 is 0 Å². The van der Waals surface area contributed by atoms with Gasteiger partial charge in [0.25, 0.3) is 0 Å². The molecule has 0 aromatic rings. The quantitative estimate of drug-likeness (QED) is 0.602. The Balaban J connectivity index is 2.05. The molecule has 2 atom stereocenters. The first kappa shape index (κ1) is 12.0. The van der Waals surface area contributed by atoms with Crippen LogP contribution in [0.25, 0.3) is 0 Å². The number of ether oxygens (including phenoxy) is 1. The molecule has 0 N–H and O–H groups in total. The Hall–Kier alpha value is -0.0800. The van der Waals surface area contributed by atoms with E-state index in [1.54, 1.807) is 0 Å². The van der Waals surface area contributed by atoms with Crippen molar-refractivity contribution in [1.29, 1.82) is 0 Å². The maximum Gasteiger partial charge on any atom is 0.0636 e. The largest absolute Gasteiger partial charge is 0.378 e. The highest BCUT2D eigenvalue weighted by molar-refractivity contribution is 4.76. The summed E-state index contributed by atoms with van der Waals surface area (Å²) in [6, 6.07) is 0.963. The van der Waals surface area contributed by atoms with Gasteiger partial charge in [-0.2, -0.15) is 0 Å². The van der Waals surface area contributed by atoms with Crippen LogP contribution in [0.5, 0.6) is 0 Å². The second kappa shape index (κ2) is 7.24. The van der Waals surface area contributed by atoms with E-state index in [-0.39, 0.29) is 0 Å². The topological polar surface area (TPSA) is 23.3 Å². The molecule has 1 saturated heterocycles. The Morgan fingerprint density at radius 1 is 1.07 bits per heavy atom. The highest BCUT2D eigenvalue weighted by Gasteiger charge is 2.20. The van der Waals surface area contributed by atoms with E-state index in [1.165, 1.54) is 32.1 Å². The van der Waals surface area contributed by atoms with Gasteiger partial charge in [0.2, 0.25) is 0 Å². The first-order valence-corrected chi connectivity index (χ1v) is 6.14. The molecule has 1 fully saturated rings. The monoisotopic (exact) mass is 198 g/mol. The van der Waals surface area contributed by atoms with Gasteiger partial charge < -0.3 is 4.74 Å². The zero-order valence-electron chi connectivity index (χ0n) is 9.67. The van der Waals surface area contributed by atoms with E-state index in [2.05, 4.69) is 13.8 Å². The number of hydrogen-bond donors (Lipinski definition) is 0. The van der Waals surface area contributed by atoms with Gasteiger partial charge >= 0.3 is 0 Å². The van der Waals surface area contributed by atoms with Gasteiger partial charge in [-0.05, 0) is 12.8 Å². The fraction of sp³-hybridized carbons (Fsp3) is 1.00. The van der Waals surface area contributed by atoms with Crippen molar-refractivity contribution < 1.29 is 4.74 Å². The van der Waals surface area contributed by atoms with Gasteiger partial charge in [-0.25, -0.2) is 5.32 Å². The molecule has 1 rings (SSSR count). The van der Waals surface area contributed by atoms with E-state index >= 15 is 0 Å². The molecule has 0 saturated carbocycles. The SMILES string of the molecule is CCCCCCC1COCC(CC)[N]1. The molecule has 2 nitrogen and oxygen atoms in total. The molecule has 1 aliphatic rings. The van der Waals surface area contributed by atoms with Gasteiger partial charge in [-0.3, -0.25) is 0 Å². The Kier molecular flexibility index (Phi) is 6.20. The fourth-order valence-corrected chi connectivity index (χ4v) is 1.91. The zero-order valence-corrected chi connectivity index (χ0v) is 9.67. The minimum atomic E-state index is 0.472. The number of rotatable bonds is 6. The molecule has 2 heteroatoms. The molecule has 1 radical (unpaired) electrons. The Labute approximate surface area is 88.4 Å². The van der Waals surface area contributed by atoms with Crippen molar-refractivity contribution in [2.45, 2.75) is 64.5 Å². The van der Waals surface area contributed by atoms with Crippen LogP contribution < -0.4 is 5.32 Å². The second-order valence-electron chi connectivity index (χ2n) is 4.25. The average Bonchev–Trinajstić information content (AvgIpc) is 2.25. The molecule has 0 aromatic heterocycles. The first-order chi connectivity index (χ1) is 6.86. The number of hydrogen-bond acceptors (Lipinski definition) is 1. The van der Waals surface area contributed by atoms with E-state index in [1.807, 2.05) is 0 Å². The van der Waals surface area contributed by atoms with Crippen molar-refractivity contribution in [3.05, 3.63) is 0 Å². The number of morpholine rings is 1. The molecule has 0 aromatic carbocycles. The Morgan fingerprint density at radius 2 is 1.86 bits per heavy atom. The predicted octanol–water partition coefficient (Wildman–Crippen LogP) is 2.74. The molecule has 1 heterocycles. The average molecular weight is 198 g/mol. The van der Waals surface area contributed by atoms with Crippen LogP contribution in [0, 0.1) is 0 Å². The summed E-state index contributed by atoms with van der Waals surface area (Å²) in [5.41, 5.74) is 0. The molecule has 2 unspecified atom stereocenters. The van der Waals surface area contributed by atoms with Crippen LogP contribution in [-0.2, 0) is 4.74 Å². The first-order valence-electron chi connectivity index (χ1n) is 6.14. The highest BCUT2D eigenvalue weighted by Crippen LogP contribution is 2.12. The summed E-state index contributed by atoms with van der Waals surface area (Å²) in [4.78, 5) is 0. The summed E-state index contributed by atoms with van der Waals surface area (Å²) in [6.07, 6.45) is 7.73. The maximum atomic E-state index is 5.55. The lowest BCUT2D eigenvalue weighted by Crippen LogP contribution is -2.43. The van der Waals surface area contributed by atoms with Crippen molar-refractivity contribution in [2.24, 2.45) is 0 Å². The molecular weight excluding hydrogens is 174 g/mol. The fourth-order valence-electron chi connectivity index (χ4n) is 1.91. The Morgan fingerprint density at radius 3 is 2.57 bits per heavy atom. The van der Waals surface area contributed by atoms with E-state index in [0.717, 1.165) is 19.6 Å². The number of unbranched alkanes of at least 4 members (excludes halogenated alkanes) is 3. The van der Waals surface area contributed by atoms with Gasteiger partial charge in [-0.15, -0.1) is 0 Å². The molecule has 0 amide bonds. The molecule has 83 valence electrons. The van der Waals surface area contributed by atoms with Crippen LogP contribution in [0.1, 0.15) is 52.4 Å². The third kappa shape index (κ3) is 4.43. The molecule has 14 heavy (non-hydrogen) atoms. The van der Waals surface area contributed by atoms with Crippen LogP contribution in [0.2, 0.25) is 0 Å². The zero-order chi connectivity index (χ0) is 10.2. The second-order valence-corrected chi connectivity index (χ2v) is 4.25. The highest BCUT2D eigenvalue weighted by atomic mass is 16.5. The van der Waals surface area contributed by atoms with E-state index in [4.69, 9.17) is 10.1 Å². The molecule has 0 aliphatic carbocycles. The van der Waals surface area contributed by atoms with Crippen LogP contribution in [0.15, 0.2) is 0 Å². The predicted molar refractivity (Wildman–Crippen MR) is 59.6 cm³/mol. The van der Waals surface area contributed by atoms with E-state index in [0.29, 0.717) is 12.1 Å². The lowest BCUT2D eigenvalue weighted by Gasteiger charge is -2.28. The minimum Gasteiger partial charge on any atom is -0.378 e. The summed E-state index contributed by atoms with van der Waals surface area (Å²) in [6.45, 7) is 6.16. The molecule has 0 spiro atoms. The summed E-state index contributed by atoms with van der Waals surface area (Å²) < 4.78 is 5.55. The third-order valence-electron chi connectivity index (χ3n) is 2.90. The standard InChI is InChI=1S/C12H24NO/c1-3-5-6-7-8-12-10-14-9-11(4-2)13-12/h11-12H,3-10H2,1-2H3. The maximum absolute atomic E-state index is 5.55. The van der Waals surface area contributed by atoms with Crippen LogP contribution >= 0.6 is 0 Å². The van der Waals surface area contributed by atoms with Crippen LogP contribution in [0.3, 0.4) is 0 Å². The minimum absolute atomic E-state index is 0.472. The Bertz CT molecular complexity index is 138. The van der Waals surface area contributed by atoms with Gasteiger partial charge in [0.15, 0.2) is 0 Å². The third-order valence-corrected chi connectivity index (χ3v) is 2.90. The van der Waals surface area contributed by atoms with Crippen molar-refractivity contribution in [2.75, 3.05) is 13.2 Å². The smallest absolute Gasteiger partial charge is 0.0636 e. The summed E-state index contributed by atoms with van der Waals surface area (Å²) in [7, 11) is 0. The van der Waals surface area contributed by atoms with Gasteiger partial charge in [0.1, 0.15) is 0 Å². The lowest BCUT2D eigenvalue weighted by molar-refractivity contribution is 0.0385. The van der Waals surface area contributed by atoms with Crippen LogP contribution in [-0.4, -0.2) is 25.3 Å².